The number of hydrogen-bond donors (Lipinski definition) is 2. The Morgan fingerprint density at radius 3 is 2.08 bits per heavy atom. The molecule has 2 N–H and O–H groups in total. The summed E-state index contributed by atoms with van der Waals surface area (Å²) in [7, 11) is -2.82. The molecule has 0 aliphatic carbocycles. The zero-order chi connectivity index (χ0) is 28.5. The van der Waals surface area contributed by atoms with Gasteiger partial charge in [0.1, 0.15) is 6.73 Å². The van der Waals surface area contributed by atoms with Crippen molar-refractivity contribution in [3.63, 3.8) is 0 Å². The Kier molecular flexibility index (Phi) is 11.7. The van der Waals surface area contributed by atoms with Crippen molar-refractivity contribution in [1.29, 1.82) is 0 Å². The Labute approximate surface area is 220 Å². The minimum atomic E-state index is -4.08. The van der Waals surface area contributed by atoms with E-state index in [2.05, 4.69) is 5.32 Å². The molecule has 37 heavy (non-hydrogen) atoms. The lowest BCUT2D eigenvalue weighted by Crippen LogP contribution is -2.47. The van der Waals surface area contributed by atoms with Gasteiger partial charge in [-0.25, -0.2) is 4.18 Å². The average molecular weight is 544 g/mol. The first-order valence-electron chi connectivity index (χ1n) is 12.2. The lowest BCUT2D eigenvalue weighted by Gasteiger charge is -2.40. The molecule has 0 saturated heterocycles. The minimum absolute atomic E-state index is 0.00538. The first kappa shape index (κ1) is 32.5. The highest BCUT2D eigenvalue weighted by Crippen LogP contribution is 2.45. The van der Waals surface area contributed by atoms with Gasteiger partial charge >= 0.3 is 11.9 Å². The monoisotopic (exact) mass is 543 g/mol. The lowest BCUT2D eigenvalue weighted by atomic mass is 9.65. The van der Waals surface area contributed by atoms with Crippen LogP contribution in [0.5, 0.6) is 0 Å². The van der Waals surface area contributed by atoms with E-state index in [1.165, 1.54) is 19.2 Å². The summed E-state index contributed by atoms with van der Waals surface area (Å²) >= 11 is 0. The second kappa shape index (κ2) is 13.3. The van der Waals surface area contributed by atoms with Gasteiger partial charge in [0.05, 0.1) is 29.4 Å². The van der Waals surface area contributed by atoms with E-state index >= 15 is 0 Å². The van der Waals surface area contributed by atoms with Crippen molar-refractivity contribution in [3.8, 4) is 0 Å². The number of nitrogens with one attached hydrogen (secondary N) is 1. The molecule has 1 amide bonds. The number of rotatable bonds is 15. The highest BCUT2D eigenvalue weighted by Gasteiger charge is 2.49. The number of ether oxygens (including phenoxy) is 2. The Balaban J connectivity index is 3.08. The summed E-state index contributed by atoms with van der Waals surface area (Å²) in [5.41, 5.74) is -2.58. The Hall–Kier alpha value is -2.50. The van der Waals surface area contributed by atoms with E-state index in [1.807, 2.05) is 6.92 Å². The number of aliphatic hydroxyl groups excluding tert-OH is 1. The van der Waals surface area contributed by atoms with Crippen LogP contribution in [0.15, 0.2) is 29.2 Å². The number of carbonyl (C=O) groups is 3. The summed E-state index contributed by atoms with van der Waals surface area (Å²) in [6.07, 6.45) is 0.597. The molecular weight excluding hydrogens is 502 g/mol. The van der Waals surface area contributed by atoms with Crippen LogP contribution in [0.25, 0.3) is 0 Å². The topological polar surface area (TPSA) is 145 Å². The fourth-order valence-corrected chi connectivity index (χ4v) is 5.14. The molecule has 1 aromatic carbocycles. The summed E-state index contributed by atoms with van der Waals surface area (Å²) < 4.78 is 40.1. The Morgan fingerprint density at radius 2 is 1.57 bits per heavy atom. The first-order valence-corrected chi connectivity index (χ1v) is 13.6. The molecule has 2 unspecified atom stereocenters. The minimum Gasteiger partial charge on any atom is -0.469 e. The summed E-state index contributed by atoms with van der Waals surface area (Å²) in [4.78, 5) is 38.7. The van der Waals surface area contributed by atoms with E-state index in [1.54, 1.807) is 46.8 Å². The number of benzene rings is 1. The molecule has 0 saturated carbocycles. The molecular formula is C26H41NO9S. The van der Waals surface area contributed by atoms with Gasteiger partial charge in [0.25, 0.3) is 10.1 Å². The predicted octanol–water partition coefficient (Wildman–Crippen LogP) is 3.10. The maximum atomic E-state index is 13.2. The zero-order valence-corrected chi connectivity index (χ0v) is 23.7. The van der Waals surface area contributed by atoms with Crippen molar-refractivity contribution in [3.05, 3.63) is 29.8 Å². The van der Waals surface area contributed by atoms with Gasteiger partial charge in [-0.2, -0.15) is 8.42 Å². The molecule has 0 aliphatic rings. The van der Waals surface area contributed by atoms with Crippen molar-refractivity contribution in [1.82, 2.24) is 5.32 Å². The van der Waals surface area contributed by atoms with E-state index in [0.29, 0.717) is 6.42 Å². The number of esters is 2. The quantitative estimate of drug-likeness (QED) is 0.147. The zero-order valence-electron chi connectivity index (χ0n) is 22.9. The van der Waals surface area contributed by atoms with Gasteiger partial charge in [0.2, 0.25) is 5.91 Å². The molecule has 10 nitrogen and oxygen atoms in total. The molecule has 0 aromatic heterocycles. The SMILES string of the molecule is CCC(C)(CC(C)(CC(C)(C)C(=O)OC)C(=O)OCCCO)C(=O)NCOS(=O)(=O)c1ccc(C)cc1. The first-order chi connectivity index (χ1) is 17.1. The Morgan fingerprint density at radius 1 is 0.973 bits per heavy atom. The third-order valence-corrected chi connectivity index (χ3v) is 7.74. The van der Waals surface area contributed by atoms with Crippen LogP contribution < -0.4 is 5.32 Å². The van der Waals surface area contributed by atoms with Crippen molar-refractivity contribution in [2.45, 2.75) is 72.1 Å². The maximum Gasteiger partial charge on any atom is 0.311 e. The van der Waals surface area contributed by atoms with Gasteiger partial charge in [0.15, 0.2) is 0 Å². The molecule has 11 heteroatoms. The molecule has 1 aromatic rings. The Bertz CT molecular complexity index is 1040. The highest BCUT2D eigenvalue weighted by molar-refractivity contribution is 7.86. The van der Waals surface area contributed by atoms with Gasteiger partial charge in [0, 0.05) is 18.4 Å². The number of aryl methyl sites for hydroxylation is 1. The van der Waals surface area contributed by atoms with Crippen LogP contribution in [-0.2, 0) is 38.2 Å². The molecule has 2 atom stereocenters. The number of aliphatic hydroxyl groups is 1. The second-order valence-electron chi connectivity index (χ2n) is 10.5. The molecule has 0 bridgehead atoms. The van der Waals surface area contributed by atoms with Crippen LogP contribution in [-0.4, -0.2) is 58.4 Å². The van der Waals surface area contributed by atoms with E-state index in [0.717, 1.165) is 5.56 Å². The average Bonchev–Trinajstić information content (AvgIpc) is 2.83. The van der Waals surface area contributed by atoms with Gasteiger partial charge in [-0.1, -0.05) is 31.5 Å². The third-order valence-electron chi connectivity index (χ3n) is 6.46. The molecule has 210 valence electrons. The molecule has 1 rings (SSSR count). The number of methoxy groups -OCH3 is 1. The number of amides is 1. The van der Waals surface area contributed by atoms with E-state index in [4.69, 9.17) is 18.8 Å². The maximum absolute atomic E-state index is 13.2. The van der Waals surface area contributed by atoms with E-state index in [9.17, 15) is 22.8 Å². The summed E-state index contributed by atoms with van der Waals surface area (Å²) in [6, 6.07) is 6.11. The van der Waals surface area contributed by atoms with Crippen LogP contribution in [0.1, 0.15) is 65.9 Å². The summed E-state index contributed by atoms with van der Waals surface area (Å²) in [5, 5.41) is 11.5. The highest BCUT2D eigenvalue weighted by atomic mass is 32.2. The normalized spacial score (nSPS) is 15.2. The lowest BCUT2D eigenvalue weighted by molar-refractivity contribution is -0.164. The second-order valence-corrected chi connectivity index (χ2v) is 12.1. The van der Waals surface area contributed by atoms with Crippen molar-refractivity contribution < 1.29 is 41.6 Å². The smallest absolute Gasteiger partial charge is 0.311 e. The number of hydrogen-bond acceptors (Lipinski definition) is 9. The fraction of sp³-hybridized carbons (Fsp3) is 0.654. The molecule has 0 fully saturated rings. The van der Waals surface area contributed by atoms with Gasteiger partial charge in [-0.3, -0.25) is 14.4 Å². The van der Waals surface area contributed by atoms with Crippen molar-refractivity contribution in [2.24, 2.45) is 16.2 Å². The third kappa shape index (κ3) is 9.08. The summed E-state index contributed by atoms with van der Waals surface area (Å²) in [6.45, 7) is 9.41. The standard InChI is InChI=1S/C26H41NO9S/c1-8-25(5,21(29)27-18-36-37(32,33)20-12-10-19(2)11-13-20)17-26(6,23(31)35-15-9-14-28)16-24(3,4)22(30)34-7/h10-13,28H,8-9,14-18H2,1-7H3,(H,27,29). The van der Waals surface area contributed by atoms with Crippen molar-refractivity contribution in [2.75, 3.05) is 27.1 Å². The van der Waals surface area contributed by atoms with Gasteiger partial charge in [-0.05, 0) is 59.1 Å². The van der Waals surface area contributed by atoms with Gasteiger partial charge < -0.3 is 19.9 Å². The molecule has 0 spiro atoms. The van der Waals surface area contributed by atoms with Crippen LogP contribution in [0.4, 0.5) is 0 Å². The van der Waals surface area contributed by atoms with Crippen LogP contribution >= 0.6 is 0 Å². The predicted molar refractivity (Wildman–Crippen MR) is 137 cm³/mol. The van der Waals surface area contributed by atoms with Crippen molar-refractivity contribution >= 4 is 28.0 Å². The number of carbonyl (C=O) groups excluding carboxylic acids is 3. The van der Waals surface area contributed by atoms with Gasteiger partial charge in [-0.15, -0.1) is 0 Å². The van der Waals surface area contributed by atoms with E-state index in [-0.39, 0.29) is 37.4 Å². The summed E-state index contributed by atoms with van der Waals surface area (Å²) in [5.74, 6) is -1.64. The molecule has 0 heterocycles. The van der Waals surface area contributed by atoms with E-state index < -0.39 is 50.9 Å². The van der Waals surface area contributed by atoms with Crippen LogP contribution in [0.2, 0.25) is 0 Å². The van der Waals surface area contributed by atoms with Crippen LogP contribution in [0, 0.1) is 23.2 Å². The molecule has 0 aliphatic heterocycles. The largest absolute Gasteiger partial charge is 0.469 e. The fourth-order valence-electron chi connectivity index (χ4n) is 4.32. The molecule has 0 radical (unpaired) electrons. The van der Waals surface area contributed by atoms with Crippen LogP contribution in [0.3, 0.4) is 0 Å².